The number of aliphatic hydroxyl groups excluding tert-OH is 1. The van der Waals surface area contributed by atoms with Crippen molar-refractivity contribution in [1.82, 2.24) is 4.90 Å². The fourth-order valence-corrected chi connectivity index (χ4v) is 3.33. The summed E-state index contributed by atoms with van der Waals surface area (Å²) in [5.41, 5.74) is 1.22. The minimum Gasteiger partial charge on any atom is -0.491 e. The average Bonchev–Trinajstić information content (AvgIpc) is 2.86. The molecule has 1 aliphatic heterocycles. The molecule has 1 aromatic rings. The van der Waals surface area contributed by atoms with Crippen molar-refractivity contribution in [2.75, 3.05) is 13.2 Å². The summed E-state index contributed by atoms with van der Waals surface area (Å²) >= 11 is 0. The van der Waals surface area contributed by atoms with Gasteiger partial charge in [-0.1, -0.05) is 31.2 Å². The summed E-state index contributed by atoms with van der Waals surface area (Å²) < 4.78 is 5.56. The number of hydrogen-bond donors (Lipinski definition) is 1. The van der Waals surface area contributed by atoms with Gasteiger partial charge in [-0.15, -0.1) is 0 Å². The number of aryl methyl sites for hydroxylation is 1. The Balaban J connectivity index is 1.53. The van der Waals surface area contributed by atoms with Gasteiger partial charge in [-0.25, -0.2) is 0 Å². The molecule has 1 N–H and O–H groups in total. The van der Waals surface area contributed by atoms with Crippen molar-refractivity contribution in [3.05, 3.63) is 42.0 Å². The number of carbonyl (C=O) groups excluding carboxylic acids is 2. The summed E-state index contributed by atoms with van der Waals surface area (Å²) in [5, 5.41) is 10.2. The second kappa shape index (κ2) is 7.18. The summed E-state index contributed by atoms with van der Waals surface area (Å²) in [6.07, 6.45) is 5.20. The van der Waals surface area contributed by atoms with E-state index in [2.05, 4.69) is 6.92 Å². The predicted octanol–water partition coefficient (Wildman–Crippen LogP) is 1.94. The molecule has 24 heavy (non-hydrogen) atoms. The molecule has 0 aromatic heterocycles. The molecule has 3 atom stereocenters. The molecule has 1 fully saturated rings. The first-order valence-electron chi connectivity index (χ1n) is 8.50. The number of likely N-dealkylation sites (tertiary alicyclic amines) is 1. The normalized spacial score (nSPS) is 24.2. The average molecular weight is 329 g/mol. The minimum absolute atomic E-state index is 0.00227. The summed E-state index contributed by atoms with van der Waals surface area (Å²) in [5.74, 6) is -0.168. The first-order chi connectivity index (χ1) is 11.6. The number of hydrogen-bond acceptors (Lipinski definition) is 4. The van der Waals surface area contributed by atoms with Crippen LogP contribution in [0.2, 0.25) is 0 Å². The lowest BCUT2D eigenvalue weighted by Gasteiger charge is -2.19. The highest BCUT2D eigenvalue weighted by atomic mass is 16.5. The van der Waals surface area contributed by atoms with Crippen LogP contribution in [-0.4, -0.2) is 41.1 Å². The number of nitrogens with zero attached hydrogens (tertiary/aromatic N) is 1. The molecule has 0 bridgehead atoms. The second-order valence-corrected chi connectivity index (χ2v) is 6.41. The standard InChI is InChI=1S/C19H23NO4/c1-2-13-7-9-15(10-8-13)24-12-14(21)11-20-18(22)16-5-3-4-6-17(16)19(20)23/h3-4,7-10,14,16-17,21H,2,5-6,11-12H2,1H3/t14-,16-,17-/m1/s1. The van der Waals surface area contributed by atoms with Crippen LogP contribution in [0.4, 0.5) is 0 Å². The number of ether oxygens (including phenoxy) is 1. The van der Waals surface area contributed by atoms with Crippen LogP contribution in [0.25, 0.3) is 0 Å². The van der Waals surface area contributed by atoms with Crippen molar-refractivity contribution in [3.8, 4) is 5.75 Å². The van der Waals surface area contributed by atoms with Crippen molar-refractivity contribution in [3.63, 3.8) is 0 Å². The van der Waals surface area contributed by atoms with Gasteiger partial charge in [0.15, 0.2) is 0 Å². The Morgan fingerprint density at radius 2 is 1.71 bits per heavy atom. The molecule has 2 aliphatic rings. The lowest BCUT2D eigenvalue weighted by Crippen LogP contribution is -2.40. The van der Waals surface area contributed by atoms with E-state index < -0.39 is 6.10 Å². The lowest BCUT2D eigenvalue weighted by molar-refractivity contribution is -0.141. The Hall–Kier alpha value is -2.14. The lowest BCUT2D eigenvalue weighted by atomic mass is 9.85. The number of aliphatic hydroxyl groups is 1. The molecule has 0 unspecified atom stereocenters. The molecular weight excluding hydrogens is 306 g/mol. The second-order valence-electron chi connectivity index (χ2n) is 6.41. The van der Waals surface area contributed by atoms with Crippen LogP contribution < -0.4 is 4.74 Å². The number of β-amino-alcohol motifs (C(OH)–C–C–N with tert-alkyl or cyclic N) is 1. The zero-order chi connectivity index (χ0) is 17.1. The molecule has 1 aromatic carbocycles. The molecule has 0 spiro atoms. The van der Waals surface area contributed by atoms with Crippen LogP contribution in [0.5, 0.6) is 5.75 Å². The number of amides is 2. The maximum absolute atomic E-state index is 12.3. The third kappa shape index (κ3) is 3.36. The number of allylic oxidation sites excluding steroid dienone is 2. The van der Waals surface area contributed by atoms with Crippen LogP contribution in [0.1, 0.15) is 25.3 Å². The van der Waals surface area contributed by atoms with Crippen molar-refractivity contribution in [2.45, 2.75) is 32.3 Å². The van der Waals surface area contributed by atoms with E-state index in [9.17, 15) is 14.7 Å². The van der Waals surface area contributed by atoms with Crippen LogP contribution in [-0.2, 0) is 16.0 Å². The SMILES string of the molecule is CCc1ccc(OC[C@H](O)CN2C(=O)[C@@H]3CC=CC[C@H]3C2=O)cc1. The van der Waals surface area contributed by atoms with E-state index in [1.807, 2.05) is 36.4 Å². The van der Waals surface area contributed by atoms with Gasteiger partial charge in [0.2, 0.25) is 11.8 Å². The molecule has 0 saturated carbocycles. The fourth-order valence-electron chi connectivity index (χ4n) is 3.33. The van der Waals surface area contributed by atoms with E-state index in [0.717, 1.165) is 6.42 Å². The molecule has 1 heterocycles. The van der Waals surface area contributed by atoms with E-state index in [0.29, 0.717) is 18.6 Å². The zero-order valence-electron chi connectivity index (χ0n) is 13.9. The molecule has 0 radical (unpaired) electrons. The predicted molar refractivity (Wildman–Crippen MR) is 89.4 cm³/mol. The summed E-state index contributed by atoms with van der Waals surface area (Å²) in [4.78, 5) is 25.9. The highest BCUT2D eigenvalue weighted by molar-refractivity contribution is 6.05. The van der Waals surface area contributed by atoms with Gasteiger partial charge in [-0.3, -0.25) is 14.5 Å². The van der Waals surface area contributed by atoms with Crippen molar-refractivity contribution in [2.24, 2.45) is 11.8 Å². The molecule has 3 rings (SSSR count). The first-order valence-corrected chi connectivity index (χ1v) is 8.50. The summed E-state index contributed by atoms with van der Waals surface area (Å²) in [7, 11) is 0. The Morgan fingerprint density at radius 1 is 1.12 bits per heavy atom. The van der Waals surface area contributed by atoms with Gasteiger partial charge in [-0.2, -0.15) is 0 Å². The van der Waals surface area contributed by atoms with Gasteiger partial charge in [0.05, 0.1) is 18.4 Å². The van der Waals surface area contributed by atoms with Gasteiger partial charge in [-0.05, 0) is 37.0 Å². The Morgan fingerprint density at radius 3 is 2.25 bits per heavy atom. The quantitative estimate of drug-likeness (QED) is 0.640. The number of rotatable bonds is 6. The molecule has 1 aliphatic carbocycles. The minimum atomic E-state index is -0.892. The monoisotopic (exact) mass is 329 g/mol. The van der Waals surface area contributed by atoms with Crippen molar-refractivity contribution < 1.29 is 19.4 Å². The van der Waals surface area contributed by atoms with Crippen LogP contribution >= 0.6 is 0 Å². The third-order valence-electron chi connectivity index (χ3n) is 4.77. The van der Waals surface area contributed by atoms with E-state index in [4.69, 9.17) is 4.74 Å². The Labute approximate surface area is 141 Å². The van der Waals surface area contributed by atoms with E-state index >= 15 is 0 Å². The Kier molecular flexibility index (Phi) is 5.00. The van der Waals surface area contributed by atoms with Crippen LogP contribution in [0.15, 0.2) is 36.4 Å². The number of fused-ring (bicyclic) bond motifs is 1. The van der Waals surface area contributed by atoms with E-state index in [1.54, 1.807) is 0 Å². The van der Waals surface area contributed by atoms with Gasteiger partial charge in [0.25, 0.3) is 0 Å². The van der Waals surface area contributed by atoms with Crippen molar-refractivity contribution in [1.29, 1.82) is 0 Å². The summed E-state index contributed by atoms with van der Waals surface area (Å²) in [6.45, 7) is 2.13. The number of imide groups is 1. The highest BCUT2D eigenvalue weighted by Crippen LogP contribution is 2.35. The van der Waals surface area contributed by atoms with Crippen LogP contribution in [0.3, 0.4) is 0 Å². The Bertz CT molecular complexity index is 611. The maximum atomic E-state index is 12.3. The molecule has 1 saturated heterocycles. The van der Waals surface area contributed by atoms with Gasteiger partial charge < -0.3 is 9.84 Å². The van der Waals surface area contributed by atoms with Gasteiger partial charge in [0, 0.05) is 0 Å². The number of carbonyl (C=O) groups is 2. The van der Waals surface area contributed by atoms with Gasteiger partial charge in [0.1, 0.15) is 18.5 Å². The van der Waals surface area contributed by atoms with E-state index in [1.165, 1.54) is 10.5 Å². The molecule has 5 heteroatoms. The number of benzene rings is 1. The molecular formula is C19H23NO4. The highest BCUT2D eigenvalue weighted by Gasteiger charge is 2.47. The molecule has 5 nitrogen and oxygen atoms in total. The van der Waals surface area contributed by atoms with Gasteiger partial charge >= 0.3 is 0 Å². The van der Waals surface area contributed by atoms with E-state index in [-0.39, 0.29) is 36.8 Å². The molecule has 2 amide bonds. The van der Waals surface area contributed by atoms with Crippen LogP contribution in [0, 0.1) is 11.8 Å². The van der Waals surface area contributed by atoms with Crippen molar-refractivity contribution >= 4 is 11.8 Å². The maximum Gasteiger partial charge on any atom is 0.233 e. The summed E-state index contributed by atoms with van der Waals surface area (Å²) in [6, 6.07) is 7.68. The zero-order valence-corrected chi connectivity index (χ0v) is 13.9. The fraction of sp³-hybridized carbons (Fsp3) is 0.474. The third-order valence-corrected chi connectivity index (χ3v) is 4.77. The first kappa shape index (κ1) is 16.7. The smallest absolute Gasteiger partial charge is 0.233 e. The topological polar surface area (TPSA) is 66.8 Å². The largest absolute Gasteiger partial charge is 0.491 e. The molecule has 128 valence electrons.